The molecule has 4 rings (SSSR count). The fourth-order valence-corrected chi connectivity index (χ4v) is 3.89. The second kappa shape index (κ2) is 9.44. The highest BCUT2D eigenvalue weighted by Gasteiger charge is 2.25. The molecule has 2 aromatic carbocycles. The van der Waals surface area contributed by atoms with Crippen molar-refractivity contribution in [2.24, 2.45) is 0 Å². The topological polar surface area (TPSA) is 70.6 Å². The first-order chi connectivity index (χ1) is 15.4. The molecule has 0 unspecified atom stereocenters. The molecule has 166 valence electrons. The maximum atomic E-state index is 13.0. The number of hydrogen-bond acceptors (Lipinski definition) is 6. The fourth-order valence-electron chi connectivity index (χ4n) is 3.72. The summed E-state index contributed by atoms with van der Waals surface area (Å²) in [5, 5.41) is 3.86. The van der Waals surface area contributed by atoms with Crippen LogP contribution in [0, 0.1) is 13.8 Å². The average molecular weight is 452 g/mol. The minimum atomic E-state index is -0.0791. The van der Waals surface area contributed by atoms with Gasteiger partial charge in [0.25, 0.3) is 5.91 Å². The Morgan fingerprint density at radius 1 is 1.00 bits per heavy atom. The summed E-state index contributed by atoms with van der Waals surface area (Å²) >= 11 is 6.10. The minimum Gasteiger partial charge on any atom is -0.496 e. The number of aryl methyl sites for hydroxylation is 2. The maximum absolute atomic E-state index is 13.0. The number of amides is 1. The van der Waals surface area contributed by atoms with Crippen LogP contribution >= 0.6 is 11.6 Å². The molecule has 32 heavy (non-hydrogen) atoms. The summed E-state index contributed by atoms with van der Waals surface area (Å²) in [6.45, 7) is 6.46. The van der Waals surface area contributed by atoms with E-state index in [2.05, 4.69) is 39.2 Å². The molecule has 1 saturated heterocycles. The number of carbonyl (C=O) groups is 1. The van der Waals surface area contributed by atoms with Crippen LogP contribution in [-0.2, 0) is 0 Å². The van der Waals surface area contributed by atoms with Crippen LogP contribution in [0.15, 0.2) is 48.5 Å². The van der Waals surface area contributed by atoms with Crippen LogP contribution < -0.4 is 15.0 Å². The van der Waals surface area contributed by atoms with Crippen LogP contribution in [0.1, 0.15) is 21.7 Å². The third kappa shape index (κ3) is 4.94. The molecule has 1 amide bonds. The van der Waals surface area contributed by atoms with Crippen molar-refractivity contribution in [3.63, 3.8) is 0 Å². The van der Waals surface area contributed by atoms with Crippen molar-refractivity contribution in [3.8, 4) is 5.75 Å². The monoisotopic (exact) mass is 451 g/mol. The van der Waals surface area contributed by atoms with E-state index in [1.54, 1.807) is 25.3 Å². The summed E-state index contributed by atoms with van der Waals surface area (Å²) < 4.78 is 5.34. The lowest BCUT2D eigenvalue weighted by molar-refractivity contribution is 0.0743. The maximum Gasteiger partial charge on any atom is 0.257 e. The molecule has 1 aliphatic rings. The van der Waals surface area contributed by atoms with Gasteiger partial charge in [-0.3, -0.25) is 4.79 Å². The number of nitrogens with one attached hydrogen (secondary N) is 1. The summed E-state index contributed by atoms with van der Waals surface area (Å²) in [5.74, 6) is 2.74. The quantitative estimate of drug-likeness (QED) is 0.617. The van der Waals surface area contributed by atoms with E-state index in [1.807, 2.05) is 30.0 Å². The van der Waals surface area contributed by atoms with Gasteiger partial charge in [-0.05, 0) is 44.2 Å². The molecule has 1 N–H and O–H groups in total. The van der Waals surface area contributed by atoms with Gasteiger partial charge in [0.15, 0.2) is 0 Å². The number of benzene rings is 2. The molecular formula is C24H26ClN5O2. The Balaban J connectivity index is 1.45. The molecule has 0 spiro atoms. The summed E-state index contributed by atoms with van der Waals surface area (Å²) in [6.07, 6.45) is 0. The smallest absolute Gasteiger partial charge is 0.257 e. The number of methoxy groups -OCH3 is 1. The third-order valence-corrected chi connectivity index (χ3v) is 5.67. The standard InChI is InChI=1S/C24H26ClN5O2/c1-16-4-7-19(8-5-16)28-22-15-23(27-17(2)26-22)29-10-12-30(13-11-29)24(31)20-14-18(25)6-9-21(20)32-3/h4-9,14-15H,10-13H2,1-3H3,(H,26,27,28). The lowest BCUT2D eigenvalue weighted by atomic mass is 10.1. The highest BCUT2D eigenvalue weighted by molar-refractivity contribution is 6.31. The molecule has 0 radical (unpaired) electrons. The molecule has 1 fully saturated rings. The van der Waals surface area contributed by atoms with Crippen molar-refractivity contribution in [2.75, 3.05) is 43.5 Å². The van der Waals surface area contributed by atoms with Gasteiger partial charge >= 0.3 is 0 Å². The summed E-state index contributed by atoms with van der Waals surface area (Å²) in [4.78, 5) is 26.2. The number of aromatic nitrogens is 2. The van der Waals surface area contributed by atoms with Crippen LogP contribution in [-0.4, -0.2) is 54.1 Å². The van der Waals surface area contributed by atoms with Crippen molar-refractivity contribution >= 4 is 34.8 Å². The second-order valence-corrected chi connectivity index (χ2v) is 8.21. The molecule has 0 aliphatic carbocycles. The molecule has 0 bridgehead atoms. The molecule has 1 aliphatic heterocycles. The number of anilines is 3. The van der Waals surface area contributed by atoms with Gasteiger partial charge in [0.1, 0.15) is 23.2 Å². The SMILES string of the molecule is COc1ccc(Cl)cc1C(=O)N1CCN(c2cc(Nc3ccc(C)cc3)nc(C)n2)CC1. The first-order valence-electron chi connectivity index (χ1n) is 10.5. The zero-order valence-electron chi connectivity index (χ0n) is 18.4. The Kier molecular flexibility index (Phi) is 6.46. The summed E-state index contributed by atoms with van der Waals surface area (Å²) in [7, 11) is 1.55. The fraction of sp³-hybridized carbons (Fsp3) is 0.292. The Labute approximate surface area is 193 Å². The van der Waals surface area contributed by atoms with Crippen LogP contribution in [0.3, 0.4) is 0 Å². The Hall–Kier alpha value is -3.32. The third-order valence-electron chi connectivity index (χ3n) is 5.43. The van der Waals surface area contributed by atoms with Crippen LogP contribution in [0.4, 0.5) is 17.3 Å². The number of carbonyl (C=O) groups excluding carboxylic acids is 1. The summed E-state index contributed by atoms with van der Waals surface area (Å²) in [6, 6.07) is 15.2. The van der Waals surface area contributed by atoms with E-state index in [9.17, 15) is 4.79 Å². The first-order valence-corrected chi connectivity index (χ1v) is 10.9. The van der Waals surface area contributed by atoms with E-state index < -0.39 is 0 Å². The number of nitrogens with zero attached hydrogens (tertiary/aromatic N) is 4. The Morgan fingerprint density at radius 3 is 2.41 bits per heavy atom. The van der Waals surface area contributed by atoms with E-state index in [0.717, 1.165) is 17.3 Å². The number of hydrogen-bond donors (Lipinski definition) is 1. The van der Waals surface area contributed by atoms with Crippen molar-refractivity contribution in [1.29, 1.82) is 0 Å². The minimum absolute atomic E-state index is 0.0791. The van der Waals surface area contributed by atoms with Gasteiger partial charge in [-0.1, -0.05) is 29.3 Å². The predicted octanol–water partition coefficient (Wildman–Crippen LogP) is 4.46. The van der Waals surface area contributed by atoms with E-state index >= 15 is 0 Å². The highest BCUT2D eigenvalue weighted by atomic mass is 35.5. The molecule has 2 heterocycles. The van der Waals surface area contributed by atoms with E-state index in [1.165, 1.54) is 5.56 Å². The molecule has 3 aromatic rings. The lowest BCUT2D eigenvalue weighted by Gasteiger charge is -2.35. The Morgan fingerprint density at radius 2 is 1.72 bits per heavy atom. The molecule has 7 nitrogen and oxygen atoms in total. The zero-order chi connectivity index (χ0) is 22.7. The predicted molar refractivity (Wildman–Crippen MR) is 127 cm³/mol. The van der Waals surface area contributed by atoms with Crippen LogP contribution in [0.25, 0.3) is 0 Å². The zero-order valence-corrected chi connectivity index (χ0v) is 19.2. The van der Waals surface area contributed by atoms with Gasteiger partial charge in [0, 0.05) is 43.0 Å². The largest absolute Gasteiger partial charge is 0.496 e. The van der Waals surface area contributed by atoms with Gasteiger partial charge in [0.2, 0.25) is 0 Å². The van der Waals surface area contributed by atoms with Gasteiger partial charge < -0.3 is 19.9 Å². The number of ether oxygens (including phenoxy) is 1. The van der Waals surface area contributed by atoms with Crippen molar-refractivity contribution in [2.45, 2.75) is 13.8 Å². The van der Waals surface area contributed by atoms with Crippen molar-refractivity contribution < 1.29 is 9.53 Å². The molecular weight excluding hydrogens is 426 g/mol. The van der Waals surface area contributed by atoms with E-state index in [-0.39, 0.29) is 5.91 Å². The molecule has 1 aromatic heterocycles. The Bertz CT molecular complexity index is 1110. The van der Waals surface area contributed by atoms with Gasteiger partial charge in [0.05, 0.1) is 12.7 Å². The van der Waals surface area contributed by atoms with Gasteiger partial charge in [-0.15, -0.1) is 0 Å². The molecule has 8 heteroatoms. The van der Waals surface area contributed by atoms with Gasteiger partial charge in [-0.25, -0.2) is 9.97 Å². The van der Waals surface area contributed by atoms with Crippen LogP contribution in [0.5, 0.6) is 5.75 Å². The van der Waals surface area contributed by atoms with E-state index in [0.29, 0.717) is 48.3 Å². The summed E-state index contributed by atoms with van der Waals surface area (Å²) in [5.41, 5.74) is 2.67. The molecule has 0 saturated carbocycles. The van der Waals surface area contributed by atoms with Crippen molar-refractivity contribution in [1.82, 2.24) is 14.9 Å². The first kappa shape index (κ1) is 21.9. The lowest BCUT2D eigenvalue weighted by Crippen LogP contribution is -2.49. The molecule has 0 atom stereocenters. The number of piperazine rings is 1. The second-order valence-electron chi connectivity index (χ2n) is 7.77. The number of rotatable bonds is 5. The number of halogens is 1. The average Bonchev–Trinajstić information content (AvgIpc) is 2.80. The highest BCUT2D eigenvalue weighted by Crippen LogP contribution is 2.26. The van der Waals surface area contributed by atoms with Crippen LogP contribution in [0.2, 0.25) is 5.02 Å². The van der Waals surface area contributed by atoms with E-state index in [4.69, 9.17) is 16.3 Å². The van der Waals surface area contributed by atoms with Crippen molar-refractivity contribution in [3.05, 3.63) is 70.5 Å². The normalized spacial score (nSPS) is 13.8. The van der Waals surface area contributed by atoms with Gasteiger partial charge in [-0.2, -0.15) is 0 Å².